The van der Waals surface area contributed by atoms with Gasteiger partial charge in [0.05, 0.1) is 11.4 Å². The molecule has 1 aromatic carbocycles. The first kappa shape index (κ1) is 13.4. The van der Waals surface area contributed by atoms with Crippen molar-refractivity contribution in [3.63, 3.8) is 0 Å². The molecule has 17 heavy (non-hydrogen) atoms. The van der Waals surface area contributed by atoms with Crippen molar-refractivity contribution in [3.05, 3.63) is 23.8 Å². The first-order valence-electron chi connectivity index (χ1n) is 4.89. The molecule has 0 aliphatic carbocycles. The van der Waals surface area contributed by atoms with Gasteiger partial charge in [-0.2, -0.15) is 0 Å². The predicted octanol–water partition coefficient (Wildman–Crippen LogP) is 1.91. The van der Waals surface area contributed by atoms with Gasteiger partial charge in [-0.3, -0.25) is 4.79 Å². The van der Waals surface area contributed by atoms with Crippen LogP contribution in [0.3, 0.4) is 0 Å². The number of benzene rings is 1. The van der Waals surface area contributed by atoms with Gasteiger partial charge >= 0.3 is 0 Å². The number of hydrogen-bond donors (Lipinski definition) is 2. The lowest BCUT2D eigenvalue weighted by atomic mass is 10.1. The van der Waals surface area contributed by atoms with Crippen molar-refractivity contribution in [2.75, 3.05) is 18.2 Å². The van der Waals surface area contributed by atoms with Crippen LogP contribution in [0.4, 0.5) is 20.2 Å². The molecule has 0 bridgehead atoms. The Balaban J connectivity index is 2.97. The Morgan fingerprint density at radius 3 is 2.47 bits per heavy atom. The molecule has 0 fully saturated rings. The summed E-state index contributed by atoms with van der Waals surface area (Å²) in [4.78, 5) is 11.7. The molecule has 0 atom stereocenters. The van der Waals surface area contributed by atoms with E-state index >= 15 is 0 Å². The van der Waals surface area contributed by atoms with E-state index in [0.717, 1.165) is 6.07 Å². The highest BCUT2D eigenvalue weighted by molar-refractivity contribution is 5.97. The second-order valence-electron chi connectivity index (χ2n) is 4.02. The second kappa shape index (κ2) is 4.67. The largest absolute Gasteiger partial charge is 0.396 e. The summed E-state index contributed by atoms with van der Waals surface area (Å²) in [6.07, 6.45) is 0. The summed E-state index contributed by atoms with van der Waals surface area (Å²) in [7, 11) is 1.36. The van der Waals surface area contributed by atoms with Crippen LogP contribution >= 0.6 is 0 Å². The molecule has 0 saturated heterocycles. The standard InChI is InChI=1S/C11H14F2N2O2/c1-11(2,17-3)10(16)15-9-5-8(14)6(12)4-7(9)13/h4-5H,14H2,1-3H3,(H,15,16). The van der Waals surface area contributed by atoms with Crippen LogP contribution in [-0.4, -0.2) is 18.6 Å². The van der Waals surface area contributed by atoms with Gasteiger partial charge in [-0.15, -0.1) is 0 Å². The number of anilines is 2. The zero-order chi connectivity index (χ0) is 13.2. The average molecular weight is 244 g/mol. The van der Waals surface area contributed by atoms with Gasteiger partial charge in [0.15, 0.2) is 0 Å². The van der Waals surface area contributed by atoms with Gasteiger partial charge in [-0.25, -0.2) is 8.78 Å². The molecule has 0 spiro atoms. The van der Waals surface area contributed by atoms with E-state index < -0.39 is 23.1 Å². The fourth-order valence-electron chi connectivity index (χ4n) is 1.03. The summed E-state index contributed by atoms with van der Waals surface area (Å²) in [5.74, 6) is -2.31. The van der Waals surface area contributed by atoms with Gasteiger partial charge in [-0.1, -0.05) is 0 Å². The topological polar surface area (TPSA) is 64.3 Å². The van der Waals surface area contributed by atoms with Crippen molar-refractivity contribution in [1.82, 2.24) is 0 Å². The molecule has 4 nitrogen and oxygen atoms in total. The lowest BCUT2D eigenvalue weighted by Crippen LogP contribution is -2.39. The van der Waals surface area contributed by atoms with E-state index in [0.29, 0.717) is 6.07 Å². The summed E-state index contributed by atoms with van der Waals surface area (Å²) in [5.41, 5.74) is 3.75. The third-order valence-corrected chi connectivity index (χ3v) is 2.39. The summed E-state index contributed by atoms with van der Waals surface area (Å²) < 4.78 is 31.2. The van der Waals surface area contributed by atoms with E-state index in [2.05, 4.69) is 5.32 Å². The van der Waals surface area contributed by atoms with Crippen LogP contribution in [0.5, 0.6) is 0 Å². The third-order valence-electron chi connectivity index (χ3n) is 2.39. The van der Waals surface area contributed by atoms with Crippen LogP contribution in [0.1, 0.15) is 13.8 Å². The zero-order valence-corrected chi connectivity index (χ0v) is 9.80. The first-order chi connectivity index (χ1) is 7.77. The van der Waals surface area contributed by atoms with Crippen LogP contribution in [-0.2, 0) is 9.53 Å². The number of carbonyl (C=O) groups excluding carboxylic acids is 1. The molecule has 1 aromatic rings. The second-order valence-corrected chi connectivity index (χ2v) is 4.02. The number of ether oxygens (including phenoxy) is 1. The maximum absolute atomic E-state index is 13.3. The lowest BCUT2D eigenvalue weighted by molar-refractivity contribution is -0.133. The van der Waals surface area contributed by atoms with E-state index in [-0.39, 0.29) is 11.4 Å². The highest BCUT2D eigenvalue weighted by atomic mass is 19.1. The van der Waals surface area contributed by atoms with Gasteiger partial charge in [0.25, 0.3) is 5.91 Å². The molecule has 0 saturated carbocycles. The number of halogens is 2. The molecule has 0 heterocycles. The number of nitrogens with two attached hydrogens (primary N) is 1. The fraction of sp³-hybridized carbons (Fsp3) is 0.364. The van der Waals surface area contributed by atoms with E-state index in [1.165, 1.54) is 21.0 Å². The van der Waals surface area contributed by atoms with Crippen molar-refractivity contribution in [2.24, 2.45) is 0 Å². The number of carbonyl (C=O) groups is 1. The molecule has 94 valence electrons. The number of methoxy groups -OCH3 is 1. The Kier molecular flexibility index (Phi) is 3.67. The van der Waals surface area contributed by atoms with Crippen molar-refractivity contribution >= 4 is 17.3 Å². The summed E-state index contributed by atoms with van der Waals surface area (Å²) in [5, 5.41) is 2.28. The van der Waals surface area contributed by atoms with E-state index in [4.69, 9.17) is 10.5 Å². The molecular weight excluding hydrogens is 230 g/mol. The number of hydrogen-bond acceptors (Lipinski definition) is 3. The van der Waals surface area contributed by atoms with Gasteiger partial charge in [0, 0.05) is 13.2 Å². The fourth-order valence-corrected chi connectivity index (χ4v) is 1.03. The van der Waals surface area contributed by atoms with E-state index in [1.807, 2.05) is 0 Å². The number of nitrogens with one attached hydrogen (secondary N) is 1. The Hall–Kier alpha value is -1.69. The highest BCUT2D eigenvalue weighted by Crippen LogP contribution is 2.22. The monoisotopic (exact) mass is 244 g/mol. The summed E-state index contributed by atoms with van der Waals surface area (Å²) in [6.45, 7) is 3.04. The Labute approximate surface area is 97.8 Å². The van der Waals surface area contributed by atoms with Gasteiger partial charge < -0.3 is 15.8 Å². The normalized spacial score (nSPS) is 11.4. The molecule has 0 aliphatic rings. The van der Waals surface area contributed by atoms with E-state index in [9.17, 15) is 13.6 Å². The van der Waals surface area contributed by atoms with Crippen LogP contribution < -0.4 is 11.1 Å². The minimum atomic E-state index is -1.12. The Morgan fingerprint density at radius 2 is 1.94 bits per heavy atom. The molecule has 1 rings (SSSR count). The number of nitrogen functional groups attached to an aromatic ring is 1. The lowest BCUT2D eigenvalue weighted by Gasteiger charge is -2.21. The highest BCUT2D eigenvalue weighted by Gasteiger charge is 2.27. The molecule has 0 aliphatic heterocycles. The van der Waals surface area contributed by atoms with Gasteiger partial charge in [0.2, 0.25) is 0 Å². The Bertz CT molecular complexity index is 447. The molecule has 0 radical (unpaired) electrons. The minimum absolute atomic E-state index is 0.181. The van der Waals surface area contributed by atoms with Crippen LogP contribution in [0, 0.1) is 11.6 Å². The van der Waals surface area contributed by atoms with Crippen molar-refractivity contribution < 1.29 is 18.3 Å². The molecule has 0 aromatic heterocycles. The van der Waals surface area contributed by atoms with Gasteiger partial charge in [0.1, 0.15) is 17.2 Å². The molecule has 3 N–H and O–H groups in total. The van der Waals surface area contributed by atoms with Crippen molar-refractivity contribution in [3.8, 4) is 0 Å². The molecule has 0 unspecified atom stereocenters. The average Bonchev–Trinajstić information content (AvgIpc) is 2.25. The third kappa shape index (κ3) is 2.91. The summed E-state index contributed by atoms with van der Waals surface area (Å²) >= 11 is 0. The predicted molar refractivity (Wildman–Crippen MR) is 60.5 cm³/mol. The first-order valence-corrected chi connectivity index (χ1v) is 4.89. The molecule has 1 amide bonds. The molecule has 6 heteroatoms. The van der Waals surface area contributed by atoms with Crippen LogP contribution in [0.2, 0.25) is 0 Å². The van der Waals surface area contributed by atoms with E-state index in [1.54, 1.807) is 0 Å². The SMILES string of the molecule is COC(C)(C)C(=O)Nc1cc(N)c(F)cc1F. The maximum atomic E-state index is 13.3. The smallest absolute Gasteiger partial charge is 0.256 e. The van der Waals surface area contributed by atoms with Crippen molar-refractivity contribution in [1.29, 1.82) is 0 Å². The van der Waals surface area contributed by atoms with Crippen molar-refractivity contribution in [2.45, 2.75) is 19.4 Å². The maximum Gasteiger partial charge on any atom is 0.256 e. The summed E-state index contributed by atoms with van der Waals surface area (Å²) in [6, 6.07) is 1.64. The number of rotatable bonds is 3. The van der Waals surface area contributed by atoms with Crippen LogP contribution in [0.25, 0.3) is 0 Å². The van der Waals surface area contributed by atoms with Gasteiger partial charge in [-0.05, 0) is 19.9 Å². The van der Waals surface area contributed by atoms with Crippen LogP contribution in [0.15, 0.2) is 12.1 Å². The molecular formula is C11H14F2N2O2. The minimum Gasteiger partial charge on any atom is -0.396 e. The Morgan fingerprint density at radius 1 is 1.35 bits per heavy atom. The quantitative estimate of drug-likeness (QED) is 0.798. The zero-order valence-electron chi connectivity index (χ0n) is 9.80. The number of amides is 1.